The average molecular weight is 322 g/mol. The van der Waals surface area contributed by atoms with Crippen LogP contribution >= 0.6 is 15.9 Å². The highest BCUT2D eigenvalue weighted by molar-refractivity contribution is 9.10. The Morgan fingerprint density at radius 2 is 2.00 bits per heavy atom. The monoisotopic (exact) mass is 321 g/mol. The number of hydrogen-bond acceptors (Lipinski definition) is 5. The number of benzene rings is 1. The maximum absolute atomic E-state index is 5.65. The molecule has 0 radical (unpaired) electrons. The third-order valence-electron chi connectivity index (χ3n) is 2.68. The zero-order chi connectivity index (χ0) is 13.1. The van der Waals surface area contributed by atoms with Gasteiger partial charge in [0.05, 0.1) is 17.7 Å². The molecular weight excluding hydrogens is 310 g/mol. The Morgan fingerprint density at radius 3 is 2.84 bits per heavy atom. The molecule has 0 saturated carbocycles. The molecule has 0 saturated heterocycles. The highest BCUT2D eigenvalue weighted by Crippen LogP contribution is 2.33. The van der Waals surface area contributed by atoms with Gasteiger partial charge in [0.2, 0.25) is 0 Å². The molecule has 0 atom stereocenters. The van der Waals surface area contributed by atoms with E-state index in [-0.39, 0.29) is 0 Å². The normalized spacial score (nSPS) is 13.7. The molecule has 2 heterocycles. The van der Waals surface area contributed by atoms with Crippen molar-refractivity contribution in [2.45, 2.75) is 6.42 Å². The van der Waals surface area contributed by atoms with Crippen molar-refractivity contribution in [2.24, 2.45) is 0 Å². The van der Waals surface area contributed by atoms with E-state index in [1.807, 2.05) is 18.2 Å². The lowest BCUT2D eigenvalue weighted by atomic mass is 10.2. The van der Waals surface area contributed by atoms with Gasteiger partial charge in [-0.2, -0.15) is 0 Å². The second kappa shape index (κ2) is 5.44. The van der Waals surface area contributed by atoms with E-state index in [2.05, 4.69) is 31.2 Å². The van der Waals surface area contributed by atoms with Gasteiger partial charge in [-0.05, 0) is 28.1 Å². The second-order valence-electron chi connectivity index (χ2n) is 4.06. The number of anilines is 2. The molecule has 3 rings (SSSR count). The highest BCUT2D eigenvalue weighted by atomic mass is 79.9. The summed E-state index contributed by atoms with van der Waals surface area (Å²) in [4.78, 5) is 8.09. The summed E-state index contributed by atoms with van der Waals surface area (Å²) in [7, 11) is 0. The van der Waals surface area contributed by atoms with Crippen LogP contribution in [-0.2, 0) is 0 Å². The minimum absolute atomic E-state index is 0.674. The summed E-state index contributed by atoms with van der Waals surface area (Å²) in [5.74, 6) is 2.25. The quantitative estimate of drug-likeness (QED) is 0.920. The van der Waals surface area contributed by atoms with Crippen LogP contribution in [0.1, 0.15) is 6.42 Å². The molecule has 0 amide bonds. The molecule has 0 spiro atoms. The van der Waals surface area contributed by atoms with Gasteiger partial charge in [-0.15, -0.1) is 0 Å². The smallest absolute Gasteiger partial charge is 0.163 e. The van der Waals surface area contributed by atoms with Crippen LogP contribution < -0.4 is 14.8 Å². The van der Waals surface area contributed by atoms with E-state index in [1.165, 1.54) is 6.33 Å². The van der Waals surface area contributed by atoms with Crippen LogP contribution in [0.4, 0.5) is 11.5 Å². The number of nitrogens with one attached hydrogen (secondary N) is 1. The minimum Gasteiger partial charge on any atom is -0.490 e. The SMILES string of the molecule is Brc1cncnc1Nc1ccc2c(c1)OCCCO2. The van der Waals surface area contributed by atoms with E-state index in [9.17, 15) is 0 Å². The Labute approximate surface area is 119 Å². The van der Waals surface area contributed by atoms with E-state index in [1.54, 1.807) is 6.20 Å². The summed E-state index contributed by atoms with van der Waals surface area (Å²) in [5, 5.41) is 3.21. The summed E-state index contributed by atoms with van der Waals surface area (Å²) < 4.78 is 12.0. The predicted octanol–water partition coefficient (Wildman–Crippen LogP) is 3.14. The Bertz CT molecular complexity index is 592. The van der Waals surface area contributed by atoms with Crippen LogP contribution in [0.25, 0.3) is 0 Å². The largest absolute Gasteiger partial charge is 0.490 e. The molecule has 0 bridgehead atoms. The molecule has 5 nitrogen and oxygen atoms in total. The molecular formula is C13H12BrN3O2. The first kappa shape index (κ1) is 12.2. The van der Waals surface area contributed by atoms with Crippen molar-refractivity contribution >= 4 is 27.4 Å². The van der Waals surface area contributed by atoms with Crippen LogP contribution in [0.3, 0.4) is 0 Å². The molecule has 1 aliphatic heterocycles. The first-order valence-electron chi connectivity index (χ1n) is 5.95. The van der Waals surface area contributed by atoms with E-state index in [0.29, 0.717) is 19.0 Å². The zero-order valence-electron chi connectivity index (χ0n) is 10.1. The van der Waals surface area contributed by atoms with Crippen LogP contribution in [-0.4, -0.2) is 23.2 Å². The minimum atomic E-state index is 0.674. The standard InChI is InChI=1S/C13H12BrN3O2/c14-10-7-15-8-16-13(10)17-9-2-3-11-12(6-9)19-5-1-4-18-11/h2-3,6-8H,1,4-5H2,(H,15,16,17). The lowest BCUT2D eigenvalue weighted by Crippen LogP contribution is -1.97. The number of rotatable bonds is 2. The Hall–Kier alpha value is -1.82. The summed E-state index contributed by atoms with van der Waals surface area (Å²) in [6.07, 6.45) is 4.09. The fourth-order valence-corrected chi connectivity index (χ4v) is 2.10. The van der Waals surface area contributed by atoms with Gasteiger partial charge in [0, 0.05) is 24.4 Å². The molecule has 1 aromatic carbocycles. The van der Waals surface area contributed by atoms with Crippen molar-refractivity contribution in [3.8, 4) is 11.5 Å². The van der Waals surface area contributed by atoms with Gasteiger partial charge < -0.3 is 14.8 Å². The van der Waals surface area contributed by atoms with Crippen molar-refractivity contribution in [3.05, 3.63) is 35.2 Å². The summed E-state index contributed by atoms with van der Waals surface area (Å²) in [6.45, 7) is 1.37. The van der Waals surface area contributed by atoms with Gasteiger partial charge in [0.25, 0.3) is 0 Å². The van der Waals surface area contributed by atoms with E-state index in [4.69, 9.17) is 9.47 Å². The first-order valence-corrected chi connectivity index (χ1v) is 6.74. The van der Waals surface area contributed by atoms with Gasteiger partial charge in [-0.1, -0.05) is 0 Å². The Balaban J connectivity index is 1.86. The topological polar surface area (TPSA) is 56.3 Å². The number of ether oxygens (including phenoxy) is 2. The molecule has 2 aromatic rings. The Kier molecular flexibility index (Phi) is 3.50. The maximum Gasteiger partial charge on any atom is 0.163 e. The van der Waals surface area contributed by atoms with Crippen LogP contribution in [0.2, 0.25) is 0 Å². The molecule has 1 aromatic heterocycles. The highest BCUT2D eigenvalue weighted by Gasteiger charge is 2.11. The van der Waals surface area contributed by atoms with Crippen LogP contribution in [0, 0.1) is 0 Å². The number of nitrogens with zero attached hydrogens (tertiary/aromatic N) is 2. The fourth-order valence-electron chi connectivity index (χ4n) is 1.78. The Morgan fingerprint density at radius 1 is 1.16 bits per heavy atom. The van der Waals surface area contributed by atoms with Crippen molar-refractivity contribution in [2.75, 3.05) is 18.5 Å². The summed E-state index contributed by atoms with van der Waals surface area (Å²) in [5.41, 5.74) is 0.892. The van der Waals surface area contributed by atoms with E-state index < -0.39 is 0 Å². The van der Waals surface area contributed by atoms with E-state index in [0.717, 1.165) is 28.1 Å². The van der Waals surface area contributed by atoms with Crippen molar-refractivity contribution < 1.29 is 9.47 Å². The molecule has 0 unspecified atom stereocenters. The second-order valence-corrected chi connectivity index (χ2v) is 4.91. The average Bonchev–Trinajstić information content (AvgIpc) is 2.66. The van der Waals surface area contributed by atoms with Crippen molar-refractivity contribution in [3.63, 3.8) is 0 Å². The molecule has 19 heavy (non-hydrogen) atoms. The van der Waals surface area contributed by atoms with Crippen LogP contribution in [0.5, 0.6) is 11.5 Å². The maximum atomic E-state index is 5.65. The lowest BCUT2D eigenvalue weighted by molar-refractivity contribution is 0.297. The molecule has 1 aliphatic rings. The summed E-state index contributed by atoms with van der Waals surface area (Å²) >= 11 is 3.40. The third-order valence-corrected chi connectivity index (χ3v) is 3.26. The number of fused-ring (bicyclic) bond motifs is 1. The molecule has 6 heteroatoms. The van der Waals surface area contributed by atoms with Crippen molar-refractivity contribution in [1.29, 1.82) is 0 Å². The number of halogens is 1. The van der Waals surface area contributed by atoms with Crippen molar-refractivity contribution in [1.82, 2.24) is 9.97 Å². The van der Waals surface area contributed by atoms with Gasteiger partial charge >= 0.3 is 0 Å². The third kappa shape index (κ3) is 2.78. The fraction of sp³-hybridized carbons (Fsp3) is 0.231. The molecule has 98 valence electrons. The molecule has 1 N–H and O–H groups in total. The van der Waals surface area contributed by atoms with Gasteiger partial charge in [0.15, 0.2) is 11.5 Å². The van der Waals surface area contributed by atoms with Gasteiger partial charge in [-0.3, -0.25) is 0 Å². The molecule has 0 aliphatic carbocycles. The zero-order valence-corrected chi connectivity index (χ0v) is 11.7. The molecule has 0 fully saturated rings. The van der Waals surface area contributed by atoms with Gasteiger partial charge in [0.1, 0.15) is 12.1 Å². The van der Waals surface area contributed by atoms with Gasteiger partial charge in [-0.25, -0.2) is 9.97 Å². The number of aromatic nitrogens is 2. The lowest BCUT2D eigenvalue weighted by Gasteiger charge is -2.11. The first-order chi connectivity index (χ1) is 9.33. The predicted molar refractivity (Wildman–Crippen MR) is 75.1 cm³/mol. The van der Waals surface area contributed by atoms with E-state index >= 15 is 0 Å². The number of hydrogen-bond donors (Lipinski definition) is 1. The van der Waals surface area contributed by atoms with Crippen LogP contribution in [0.15, 0.2) is 35.2 Å². The summed E-state index contributed by atoms with van der Waals surface area (Å²) in [6, 6.07) is 5.75.